The average molecular weight is 258 g/mol. The Morgan fingerprint density at radius 1 is 1.32 bits per heavy atom. The van der Waals surface area contributed by atoms with Crippen LogP contribution in [0.5, 0.6) is 0 Å². The number of hydrogen-bond acceptors (Lipinski definition) is 2. The summed E-state index contributed by atoms with van der Waals surface area (Å²) in [7, 11) is 0. The molecule has 3 rings (SSSR count). The number of nitrogens with zero attached hydrogens (tertiary/aromatic N) is 1. The van der Waals surface area contributed by atoms with Crippen LogP contribution in [0.1, 0.15) is 38.4 Å². The molecule has 3 unspecified atom stereocenters. The zero-order chi connectivity index (χ0) is 13.4. The first kappa shape index (κ1) is 12.7. The monoisotopic (exact) mass is 258 g/mol. The molecular weight excluding hydrogens is 236 g/mol. The van der Waals surface area contributed by atoms with E-state index in [0.717, 1.165) is 12.5 Å². The molecule has 1 aromatic carbocycles. The molecule has 2 fully saturated rings. The molecule has 1 aromatic rings. The Balaban J connectivity index is 1.79. The summed E-state index contributed by atoms with van der Waals surface area (Å²) in [5.41, 5.74) is 1.18. The van der Waals surface area contributed by atoms with Gasteiger partial charge in [-0.2, -0.15) is 0 Å². The minimum atomic E-state index is -0.0726. The third kappa shape index (κ3) is 2.52. The van der Waals surface area contributed by atoms with Crippen molar-refractivity contribution in [1.82, 2.24) is 10.2 Å². The van der Waals surface area contributed by atoms with Gasteiger partial charge in [0.2, 0.25) is 5.91 Å². The van der Waals surface area contributed by atoms with E-state index >= 15 is 0 Å². The first-order chi connectivity index (χ1) is 9.16. The van der Waals surface area contributed by atoms with Crippen LogP contribution in [-0.2, 0) is 4.79 Å². The normalized spacial score (nSPS) is 28.7. The molecule has 2 aliphatic rings. The predicted molar refractivity (Wildman–Crippen MR) is 75.4 cm³/mol. The lowest BCUT2D eigenvalue weighted by Gasteiger charge is -2.27. The molecule has 3 heteroatoms. The molecule has 1 heterocycles. The maximum atomic E-state index is 12.3. The lowest BCUT2D eigenvalue weighted by Crippen LogP contribution is -2.35. The fraction of sp³-hybridized carbons (Fsp3) is 0.562. The maximum absolute atomic E-state index is 12.3. The summed E-state index contributed by atoms with van der Waals surface area (Å²) < 4.78 is 0. The molecule has 1 aliphatic heterocycles. The maximum Gasteiger partial charge on any atom is 0.241 e. The summed E-state index contributed by atoms with van der Waals surface area (Å²) in [6, 6.07) is 10.2. The van der Waals surface area contributed by atoms with Crippen LogP contribution in [0.25, 0.3) is 0 Å². The number of hydrogen-bond donors (Lipinski definition) is 1. The number of carbonyl (C=O) groups is 1. The van der Waals surface area contributed by atoms with Crippen molar-refractivity contribution < 1.29 is 4.79 Å². The predicted octanol–water partition coefficient (Wildman–Crippen LogP) is 2.55. The Labute approximate surface area is 115 Å². The van der Waals surface area contributed by atoms with Crippen LogP contribution in [0.4, 0.5) is 0 Å². The van der Waals surface area contributed by atoms with Crippen LogP contribution in [-0.4, -0.2) is 23.4 Å². The van der Waals surface area contributed by atoms with E-state index in [1.165, 1.54) is 18.4 Å². The van der Waals surface area contributed by atoms with Gasteiger partial charge in [0.1, 0.15) is 6.17 Å². The van der Waals surface area contributed by atoms with Crippen molar-refractivity contribution in [3.05, 3.63) is 35.9 Å². The second-order valence-corrected chi connectivity index (χ2v) is 6.01. The Kier molecular flexibility index (Phi) is 3.31. The molecule has 19 heavy (non-hydrogen) atoms. The van der Waals surface area contributed by atoms with E-state index in [-0.39, 0.29) is 18.1 Å². The number of rotatable bonds is 4. The van der Waals surface area contributed by atoms with E-state index in [0.29, 0.717) is 5.92 Å². The smallest absolute Gasteiger partial charge is 0.241 e. The fourth-order valence-electron chi connectivity index (χ4n) is 3.01. The van der Waals surface area contributed by atoms with Crippen molar-refractivity contribution in [2.75, 3.05) is 6.54 Å². The Bertz CT molecular complexity index is 455. The van der Waals surface area contributed by atoms with E-state index < -0.39 is 0 Å². The van der Waals surface area contributed by atoms with Crippen LogP contribution in [0, 0.1) is 11.8 Å². The molecule has 1 saturated heterocycles. The van der Waals surface area contributed by atoms with E-state index in [4.69, 9.17) is 0 Å². The largest absolute Gasteiger partial charge is 0.321 e. The minimum absolute atomic E-state index is 0.0462. The Morgan fingerprint density at radius 3 is 2.63 bits per heavy atom. The Hall–Kier alpha value is -1.35. The highest BCUT2D eigenvalue weighted by molar-refractivity contribution is 5.84. The first-order valence-corrected chi connectivity index (χ1v) is 7.28. The van der Waals surface area contributed by atoms with Gasteiger partial charge in [-0.15, -0.1) is 0 Å². The zero-order valence-corrected chi connectivity index (χ0v) is 11.7. The third-order valence-corrected chi connectivity index (χ3v) is 4.40. The van der Waals surface area contributed by atoms with Gasteiger partial charge in [0.25, 0.3) is 0 Å². The highest BCUT2D eigenvalue weighted by Gasteiger charge is 2.39. The number of amides is 1. The van der Waals surface area contributed by atoms with Gasteiger partial charge >= 0.3 is 0 Å². The number of carbonyl (C=O) groups excluding carboxylic acids is 1. The van der Waals surface area contributed by atoms with Gasteiger partial charge in [0, 0.05) is 6.54 Å². The van der Waals surface area contributed by atoms with E-state index in [1.807, 2.05) is 30.0 Å². The summed E-state index contributed by atoms with van der Waals surface area (Å²) in [6.45, 7) is 5.11. The second kappa shape index (κ2) is 4.97. The summed E-state index contributed by atoms with van der Waals surface area (Å²) >= 11 is 0. The van der Waals surface area contributed by atoms with Crippen molar-refractivity contribution in [3.8, 4) is 0 Å². The van der Waals surface area contributed by atoms with E-state index in [1.54, 1.807) is 0 Å². The van der Waals surface area contributed by atoms with E-state index in [9.17, 15) is 4.79 Å². The molecule has 1 amide bonds. The van der Waals surface area contributed by atoms with Crippen LogP contribution in [0.3, 0.4) is 0 Å². The van der Waals surface area contributed by atoms with Gasteiger partial charge in [0.15, 0.2) is 0 Å². The SMILES string of the molecule is CC1NC(c2ccccc2)N(CC(C)C2CC2)C1=O. The molecule has 0 radical (unpaired) electrons. The lowest BCUT2D eigenvalue weighted by molar-refractivity contribution is -0.130. The van der Waals surface area contributed by atoms with Crippen molar-refractivity contribution in [2.45, 2.75) is 38.9 Å². The van der Waals surface area contributed by atoms with Crippen LogP contribution >= 0.6 is 0 Å². The molecule has 1 aliphatic carbocycles. The molecule has 1 saturated carbocycles. The van der Waals surface area contributed by atoms with Gasteiger partial charge in [-0.05, 0) is 37.2 Å². The van der Waals surface area contributed by atoms with Crippen LogP contribution in [0.2, 0.25) is 0 Å². The molecule has 0 bridgehead atoms. The van der Waals surface area contributed by atoms with Crippen LogP contribution in [0.15, 0.2) is 30.3 Å². The summed E-state index contributed by atoms with van der Waals surface area (Å²) in [6.07, 6.45) is 2.72. The van der Waals surface area contributed by atoms with Gasteiger partial charge < -0.3 is 4.90 Å². The quantitative estimate of drug-likeness (QED) is 0.900. The highest BCUT2D eigenvalue weighted by Crippen LogP contribution is 2.38. The van der Waals surface area contributed by atoms with Gasteiger partial charge in [-0.25, -0.2) is 0 Å². The van der Waals surface area contributed by atoms with Gasteiger partial charge in [-0.1, -0.05) is 37.3 Å². The minimum Gasteiger partial charge on any atom is -0.321 e. The van der Waals surface area contributed by atoms with Crippen molar-refractivity contribution >= 4 is 5.91 Å². The molecule has 0 spiro atoms. The molecule has 3 nitrogen and oxygen atoms in total. The van der Waals surface area contributed by atoms with Gasteiger partial charge in [-0.3, -0.25) is 10.1 Å². The van der Waals surface area contributed by atoms with Crippen molar-refractivity contribution in [3.63, 3.8) is 0 Å². The first-order valence-electron chi connectivity index (χ1n) is 7.28. The third-order valence-electron chi connectivity index (χ3n) is 4.40. The molecule has 1 N–H and O–H groups in total. The van der Waals surface area contributed by atoms with Crippen molar-refractivity contribution in [1.29, 1.82) is 0 Å². The summed E-state index contributed by atoms with van der Waals surface area (Å²) in [5.74, 6) is 1.68. The highest BCUT2D eigenvalue weighted by atomic mass is 16.2. The van der Waals surface area contributed by atoms with Gasteiger partial charge in [0.05, 0.1) is 6.04 Å². The number of nitrogens with one attached hydrogen (secondary N) is 1. The summed E-state index contributed by atoms with van der Waals surface area (Å²) in [4.78, 5) is 14.4. The van der Waals surface area contributed by atoms with Crippen molar-refractivity contribution in [2.24, 2.45) is 11.8 Å². The molecular formula is C16H22N2O. The second-order valence-electron chi connectivity index (χ2n) is 6.01. The Morgan fingerprint density at radius 2 is 2.00 bits per heavy atom. The molecule has 0 aromatic heterocycles. The number of benzene rings is 1. The van der Waals surface area contributed by atoms with Crippen LogP contribution < -0.4 is 5.32 Å². The topological polar surface area (TPSA) is 32.3 Å². The summed E-state index contributed by atoms with van der Waals surface area (Å²) in [5, 5.41) is 3.41. The fourth-order valence-corrected chi connectivity index (χ4v) is 3.01. The molecule has 3 atom stereocenters. The standard InChI is InChI=1S/C16H22N2O/c1-11(13-8-9-13)10-18-15(17-12(2)16(18)19)14-6-4-3-5-7-14/h3-7,11-13,15,17H,8-10H2,1-2H3. The van der Waals surface area contributed by atoms with E-state index in [2.05, 4.69) is 24.4 Å². The lowest BCUT2D eigenvalue weighted by atomic mass is 10.0. The molecule has 102 valence electrons. The zero-order valence-electron chi connectivity index (χ0n) is 11.7. The average Bonchev–Trinajstić information content (AvgIpc) is 3.23.